The molecule has 1 saturated heterocycles. The smallest absolute Gasteiger partial charge is 0.412 e. The molecule has 0 spiro atoms. The second kappa shape index (κ2) is 10.7. The van der Waals surface area contributed by atoms with Crippen LogP contribution in [-0.2, 0) is 16.6 Å². The number of nitrogens with zero attached hydrogens (tertiary/aromatic N) is 3. The Kier molecular flexibility index (Phi) is 7.52. The zero-order valence-corrected chi connectivity index (χ0v) is 20.2. The number of anilines is 2. The molecule has 1 aromatic heterocycles. The molecular formula is C25H28N4O5S. The summed E-state index contributed by atoms with van der Waals surface area (Å²) in [6.45, 7) is 2.32. The Bertz CT molecular complexity index is 1230. The zero-order valence-electron chi connectivity index (χ0n) is 19.4. The van der Waals surface area contributed by atoms with E-state index in [9.17, 15) is 18.3 Å². The first-order chi connectivity index (χ1) is 16.8. The molecule has 0 atom stereocenters. The van der Waals surface area contributed by atoms with Crippen molar-refractivity contribution in [3.05, 3.63) is 78.5 Å². The van der Waals surface area contributed by atoms with E-state index < -0.39 is 16.1 Å². The average Bonchev–Trinajstić information content (AvgIpc) is 2.82. The lowest BCUT2D eigenvalue weighted by atomic mass is 10.0. The maximum atomic E-state index is 11.9. The largest absolute Gasteiger partial charge is 0.465 e. The highest BCUT2D eigenvalue weighted by Crippen LogP contribution is 2.25. The van der Waals surface area contributed by atoms with Crippen molar-refractivity contribution in [3.8, 4) is 11.6 Å². The van der Waals surface area contributed by atoms with Crippen LogP contribution in [0.4, 0.5) is 16.2 Å². The number of carboxylic acid groups (broad SMARTS) is 1. The minimum absolute atomic E-state index is 0.0425. The molecule has 1 fully saturated rings. The molecule has 0 saturated carbocycles. The summed E-state index contributed by atoms with van der Waals surface area (Å²) in [7, 11) is -3.33. The van der Waals surface area contributed by atoms with Gasteiger partial charge < -0.3 is 9.84 Å². The number of pyridine rings is 1. The van der Waals surface area contributed by atoms with E-state index in [-0.39, 0.29) is 6.04 Å². The SMILES string of the molecule is CS(=O)(=O)Nc1ccc(Oc2ccc(CN3CCC(N(C(=O)O)c4ccccc4)CC3)cn2)cc1. The number of likely N-dealkylation sites (tertiary alicyclic amines) is 1. The number of aromatic nitrogens is 1. The van der Waals surface area contributed by atoms with Crippen LogP contribution in [0.2, 0.25) is 0 Å². The Labute approximate surface area is 205 Å². The molecule has 2 heterocycles. The van der Waals surface area contributed by atoms with Gasteiger partial charge in [0.2, 0.25) is 15.9 Å². The van der Waals surface area contributed by atoms with Crippen LogP contribution in [0.3, 0.4) is 0 Å². The van der Waals surface area contributed by atoms with Crippen LogP contribution < -0.4 is 14.4 Å². The standard InChI is InChI=1S/C25H28N4O5S/c1-35(32,33)27-20-8-10-23(11-9-20)34-24-12-7-19(17-26-24)18-28-15-13-22(14-16-28)29(25(30)31)21-5-3-2-4-6-21/h2-12,17,22,27H,13-16,18H2,1H3,(H,30,31). The second-order valence-electron chi connectivity index (χ2n) is 8.50. The number of carbonyl (C=O) groups is 1. The summed E-state index contributed by atoms with van der Waals surface area (Å²) in [5.41, 5.74) is 2.21. The van der Waals surface area contributed by atoms with Gasteiger partial charge in [0.25, 0.3) is 0 Å². The number of ether oxygens (including phenoxy) is 1. The molecule has 184 valence electrons. The Balaban J connectivity index is 1.29. The first-order valence-electron chi connectivity index (χ1n) is 11.3. The summed E-state index contributed by atoms with van der Waals surface area (Å²) < 4.78 is 30.8. The predicted molar refractivity (Wildman–Crippen MR) is 134 cm³/mol. The number of para-hydroxylation sites is 1. The lowest BCUT2D eigenvalue weighted by Crippen LogP contribution is -2.47. The molecule has 2 aromatic carbocycles. The van der Waals surface area contributed by atoms with Crippen LogP contribution in [0, 0.1) is 0 Å². The van der Waals surface area contributed by atoms with Gasteiger partial charge in [-0.05, 0) is 54.8 Å². The molecule has 2 N–H and O–H groups in total. The van der Waals surface area contributed by atoms with Crippen LogP contribution in [0.15, 0.2) is 72.9 Å². The number of hydrogen-bond acceptors (Lipinski definition) is 6. The van der Waals surface area contributed by atoms with E-state index in [1.54, 1.807) is 36.5 Å². The second-order valence-corrected chi connectivity index (χ2v) is 10.2. The molecule has 1 amide bonds. The molecule has 0 bridgehead atoms. The fourth-order valence-electron chi connectivity index (χ4n) is 4.15. The summed E-state index contributed by atoms with van der Waals surface area (Å²) in [4.78, 5) is 20.0. The van der Waals surface area contributed by atoms with E-state index in [0.29, 0.717) is 23.0 Å². The number of sulfonamides is 1. The number of piperidine rings is 1. The van der Waals surface area contributed by atoms with E-state index in [1.807, 2.05) is 36.4 Å². The van der Waals surface area contributed by atoms with Crippen LogP contribution in [0.25, 0.3) is 0 Å². The van der Waals surface area contributed by atoms with Gasteiger partial charge in [-0.3, -0.25) is 14.5 Å². The third-order valence-corrected chi connectivity index (χ3v) is 6.35. The predicted octanol–water partition coefficient (Wildman–Crippen LogP) is 4.39. The fraction of sp³-hybridized carbons (Fsp3) is 0.280. The van der Waals surface area contributed by atoms with E-state index in [0.717, 1.165) is 44.3 Å². The van der Waals surface area contributed by atoms with Crippen molar-refractivity contribution in [3.63, 3.8) is 0 Å². The fourth-order valence-corrected chi connectivity index (χ4v) is 4.71. The van der Waals surface area contributed by atoms with Gasteiger partial charge in [0.1, 0.15) is 5.75 Å². The third-order valence-electron chi connectivity index (χ3n) is 5.75. The van der Waals surface area contributed by atoms with Crippen LogP contribution in [0.1, 0.15) is 18.4 Å². The highest BCUT2D eigenvalue weighted by molar-refractivity contribution is 7.92. The molecule has 0 unspecified atom stereocenters. The lowest BCUT2D eigenvalue weighted by Gasteiger charge is -2.37. The number of amides is 1. The maximum absolute atomic E-state index is 11.9. The van der Waals surface area contributed by atoms with Crippen molar-refractivity contribution in [2.45, 2.75) is 25.4 Å². The average molecular weight is 497 g/mol. The minimum atomic E-state index is -3.33. The lowest BCUT2D eigenvalue weighted by molar-refractivity contribution is 0.178. The molecule has 0 aliphatic carbocycles. The van der Waals surface area contributed by atoms with E-state index in [2.05, 4.69) is 14.6 Å². The van der Waals surface area contributed by atoms with Crippen molar-refractivity contribution in [2.75, 3.05) is 29.0 Å². The molecule has 0 radical (unpaired) electrons. The first-order valence-corrected chi connectivity index (χ1v) is 13.2. The van der Waals surface area contributed by atoms with Gasteiger partial charge in [-0.1, -0.05) is 24.3 Å². The quantitative estimate of drug-likeness (QED) is 0.475. The van der Waals surface area contributed by atoms with Gasteiger partial charge in [0.15, 0.2) is 0 Å². The molecule has 9 nitrogen and oxygen atoms in total. The summed E-state index contributed by atoms with van der Waals surface area (Å²) >= 11 is 0. The molecule has 4 rings (SSSR count). The highest BCUT2D eigenvalue weighted by Gasteiger charge is 2.29. The van der Waals surface area contributed by atoms with E-state index >= 15 is 0 Å². The van der Waals surface area contributed by atoms with Crippen molar-refractivity contribution in [1.29, 1.82) is 0 Å². The van der Waals surface area contributed by atoms with Crippen LogP contribution in [0.5, 0.6) is 11.6 Å². The van der Waals surface area contributed by atoms with Gasteiger partial charge in [-0.25, -0.2) is 18.2 Å². The van der Waals surface area contributed by atoms with Gasteiger partial charge >= 0.3 is 6.09 Å². The number of benzene rings is 2. The van der Waals surface area contributed by atoms with Gasteiger partial charge in [-0.2, -0.15) is 0 Å². The molecule has 1 aliphatic heterocycles. The van der Waals surface area contributed by atoms with Crippen molar-refractivity contribution < 1.29 is 23.1 Å². The third kappa shape index (κ3) is 6.93. The Hall–Kier alpha value is -3.63. The van der Waals surface area contributed by atoms with Crippen LogP contribution in [-0.4, -0.2) is 54.9 Å². The van der Waals surface area contributed by atoms with Crippen LogP contribution >= 0.6 is 0 Å². The van der Waals surface area contributed by atoms with Gasteiger partial charge in [0, 0.05) is 49.3 Å². The van der Waals surface area contributed by atoms with Crippen molar-refractivity contribution in [2.24, 2.45) is 0 Å². The first kappa shape index (κ1) is 24.5. The highest BCUT2D eigenvalue weighted by atomic mass is 32.2. The molecular weight excluding hydrogens is 468 g/mol. The zero-order chi connectivity index (χ0) is 24.8. The monoisotopic (exact) mass is 496 g/mol. The van der Waals surface area contributed by atoms with Crippen molar-refractivity contribution >= 4 is 27.5 Å². The number of nitrogens with one attached hydrogen (secondary N) is 1. The van der Waals surface area contributed by atoms with E-state index in [1.165, 1.54) is 4.90 Å². The minimum Gasteiger partial charge on any atom is -0.465 e. The topological polar surface area (TPSA) is 112 Å². The summed E-state index contributed by atoms with van der Waals surface area (Å²) in [6.07, 6.45) is 3.48. The van der Waals surface area contributed by atoms with Gasteiger partial charge in [-0.15, -0.1) is 0 Å². The molecule has 10 heteroatoms. The van der Waals surface area contributed by atoms with E-state index in [4.69, 9.17) is 4.74 Å². The van der Waals surface area contributed by atoms with Gasteiger partial charge in [0.05, 0.1) is 6.26 Å². The number of hydrogen-bond donors (Lipinski definition) is 2. The summed E-state index contributed by atoms with van der Waals surface area (Å²) in [6, 6.07) is 19.5. The molecule has 1 aliphatic rings. The maximum Gasteiger partial charge on any atom is 0.412 e. The molecule has 3 aromatic rings. The normalized spacial score (nSPS) is 14.9. The Morgan fingerprint density at radius 3 is 2.34 bits per heavy atom. The number of rotatable bonds is 8. The Morgan fingerprint density at radius 1 is 1.09 bits per heavy atom. The summed E-state index contributed by atoms with van der Waals surface area (Å²) in [5.74, 6) is 0.990. The Morgan fingerprint density at radius 2 is 1.77 bits per heavy atom. The van der Waals surface area contributed by atoms with Crippen molar-refractivity contribution in [1.82, 2.24) is 9.88 Å². The molecule has 35 heavy (non-hydrogen) atoms. The summed E-state index contributed by atoms with van der Waals surface area (Å²) in [5, 5.41) is 9.73.